The van der Waals surface area contributed by atoms with E-state index in [4.69, 9.17) is 11.6 Å². The molecule has 6 nitrogen and oxygen atoms in total. The van der Waals surface area contributed by atoms with E-state index >= 15 is 0 Å². The molecule has 1 fully saturated rings. The molecule has 0 saturated carbocycles. The molecule has 0 unspecified atom stereocenters. The van der Waals surface area contributed by atoms with Crippen molar-refractivity contribution in [3.8, 4) is 0 Å². The number of rotatable bonds is 6. The van der Waals surface area contributed by atoms with Crippen molar-refractivity contribution in [3.63, 3.8) is 0 Å². The lowest BCUT2D eigenvalue weighted by Gasteiger charge is -2.33. The number of carbonyl (C=O) groups excluding carboxylic acids is 1. The highest BCUT2D eigenvalue weighted by atomic mass is 35.5. The van der Waals surface area contributed by atoms with Gasteiger partial charge < -0.3 is 10.2 Å². The highest BCUT2D eigenvalue weighted by Crippen LogP contribution is 2.22. The van der Waals surface area contributed by atoms with E-state index < -0.39 is 5.82 Å². The van der Waals surface area contributed by atoms with Crippen LogP contribution in [0.15, 0.2) is 65.6 Å². The maximum Gasteiger partial charge on any atom is 0.269 e. The average molecular weight is 455 g/mol. The van der Waals surface area contributed by atoms with Crippen molar-refractivity contribution in [2.24, 2.45) is 5.92 Å². The third kappa shape index (κ3) is 5.34. The second-order valence-electron chi connectivity index (χ2n) is 7.95. The number of hydrogen-bond donors (Lipinski definition) is 1. The normalized spacial score (nSPS) is 16.1. The van der Waals surface area contributed by atoms with Gasteiger partial charge in [-0.1, -0.05) is 48.0 Å². The van der Waals surface area contributed by atoms with E-state index in [1.165, 1.54) is 16.8 Å². The third-order valence-corrected chi connectivity index (χ3v) is 5.93. The van der Waals surface area contributed by atoms with Crippen LogP contribution in [0.2, 0.25) is 5.02 Å². The molecule has 0 bridgehead atoms. The first kappa shape index (κ1) is 22.0. The summed E-state index contributed by atoms with van der Waals surface area (Å²) in [5.41, 5.74) is 2.30. The molecule has 8 heteroatoms. The number of hydrogen-bond acceptors (Lipinski definition) is 4. The predicted molar refractivity (Wildman–Crippen MR) is 122 cm³/mol. The Kier molecular flexibility index (Phi) is 6.85. The minimum Gasteiger partial charge on any atom is -0.369 e. The Morgan fingerprint density at radius 3 is 2.72 bits per heavy atom. The Morgan fingerprint density at radius 2 is 1.97 bits per heavy atom. The highest BCUT2D eigenvalue weighted by Gasteiger charge is 2.26. The topological polar surface area (TPSA) is 67.2 Å². The molecule has 1 aliphatic rings. The zero-order chi connectivity index (χ0) is 22.5. The van der Waals surface area contributed by atoms with Crippen LogP contribution in [0, 0.1) is 11.7 Å². The minimum absolute atomic E-state index is 0.0371. The molecule has 1 saturated heterocycles. The lowest BCUT2D eigenvalue weighted by Crippen LogP contribution is -2.43. The van der Waals surface area contributed by atoms with E-state index in [0.29, 0.717) is 13.1 Å². The zero-order valence-electron chi connectivity index (χ0n) is 17.5. The van der Waals surface area contributed by atoms with E-state index in [1.54, 1.807) is 18.3 Å². The Balaban J connectivity index is 1.37. The summed E-state index contributed by atoms with van der Waals surface area (Å²) in [6, 6.07) is 15.7. The predicted octanol–water partition coefficient (Wildman–Crippen LogP) is 3.62. The maximum absolute atomic E-state index is 13.3. The van der Waals surface area contributed by atoms with Crippen LogP contribution in [0.5, 0.6) is 0 Å². The smallest absolute Gasteiger partial charge is 0.269 e. The summed E-state index contributed by atoms with van der Waals surface area (Å²) in [6.45, 7) is 1.98. The summed E-state index contributed by atoms with van der Waals surface area (Å²) in [6.07, 6.45) is 3.30. The summed E-state index contributed by atoms with van der Waals surface area (Å²) >= 11 is 5.81. The molecule has 1 aliphatic heterocycles. The first-order valence-electron chi connectivity index (χ1n) is 10.6. The van der Waals surface area contributed by atoms with Crippen molar-refractivity contribution in [3.05, 3.63) is 93.1 Å². The fourth-order valence-electron chi connectivity index (χ4n) is 3.88. The zero-order valence-corrected chi connectivity index (χ0v) is 18.3. The van der Waals surface area contributed by atoms with E-state index in [9.17, 15) is 14.0 Å². The number of anilines is 1. The van der Waals surface area contributed by atoms with Gasteiger partial charge in [-0.3, -0.25) is 9.59 Å². The summed E-state index contributed by atoms with van der Waals surface area (Å²) in [5, 5.41) is 7.27. The minimum atomic E-state index is -0.482. The molecular formula is C24H24ClFN4O2. The van der Waals surface area contributed by atoms with Gasteiger partial charge in [0.05, 0.1) is 29.4 Å². The number of halogens is 2. The third-order valence-electron chi connectivity index (χ3n) is 5.64. The average Bonchev–Trinajstić information content (AvgIpc) is 2.81. The van der Waals surface area contributed by atoms with Crippen LogP contribution in [0.3, 0.4) is 0 Å². The molecule has 0 radical (unpaired) electrons. The first-order valence-corrected chi connectivity index (χ1v) is 10.9. The number of benzene rings is 2. The summed E-state index contributed by atoms with van der Waals surface area (Å²) in [4.78, 5) is 27.3. The van der Waals surface area contributed by atoms with Gasteiger partial charge in [0.15, 0.2) is 0 Å². The Bertz CT molecular complexity index is 1150. The van der Waals surface area contributed by atoms with Gasteiger partial charge in [-0.2, -0.15) is 5.10 Å². The molecule has 166 valence electrons. The number of nitrogens with one attached hydrogen (secondary N) is 1. The molecule has 1 aromatic heterocycles. The van der Waals surface area contributed by atoms with Gasteiger partial charge in [0, 0.05) is 25.7 Å². The van der Waals surface area contributed by atoms with Crippen molar-refractivity contribution < 1.29 is 9.18 Å². The quantitative estimate of drug-likeness (QED) is 0.617. The van der Waals surface area contributed by atoms with Crippen LogP contribution in [0.1, 0.15) is 24.0 Å². The van der Waals surface area contributed by atoms with Gasteiger partial charge in [-0.15, -0.1) is 0 Å². The highest BCUT2D eigenvalue weighted by molar-refractivity contribution is 6.30. The Labute approximate surface area is 190 Å². The molecule has 4 rings (SSSR count). The molecule has 0 aliphatic carbocycles. The molecule has 3 aromatic rings. The molecule has 1 N–H and O–H groups in total. The van der Waals surface area contributed by atoms with E-state index in [-0.39, 0.29) is 29.0 Å². The van der Waals surface area contributed by atoms with Crippen molar-refractivity contribution in [2.75, 3.05) is 18.0 Å². The van der Waals surface area contributed by atoms with Crippen molar-refractivity contribution >= 4 is 23.2 Å². The maximum atomic E-state index is 13.3. The van der Waals surface area contributed by atoms with Gasteiger partial charge in [0.25, 0.3) is 5.56 Å². The molecule has 1 atom stereocenters. The van der Waals surface area contributed by atoms with E-state index in [1.807, 2.05) is 35.2 Å². The monoisotopic (exact) mass is 454 g/mol. The summed E-state index contributed by atoms with van der Waals surface area (Å²) in [5.74, 6) is -0.754. The summed E-state index contributed by atoms with van der Waals surface area (Å²) < 4.78 is 14.7. The second-order valence-corrected chi connectivity index (χ2v) is 8.35. The fourth-order valence-corrected chi connectivity index (χ4v) is 4.08. The summed E-state index contributed by atoms with van der Waals surface area (Å²) in [7, 11) is 0. The van der Waals surface area contributed by atoms with Gasteiger partial charge in [0.1, 0.15) is 5.82 Å². The van der Waals surface area contributed by atoms with Gasteiger partial charge in [0.2, 0.25) is 5.91 Å². The molecule has 1 amide bonds. The van der Waals surface area contributed by atoms with Crippen LogP contribution in [-0.2, 0) is 17.9 Å². The van der Waals surface area contributed by atoms with E-state index in [2.05, 4.69) is 10.4 Å². The molecule has 32 heavy (non-hydrogen) atoms. The van der Waals surface area contributed by atoms with Crippen molar-refractivity contribution in [1.29, 1.82) is 0 Å². The van der Waals surface area contributed by atoms with Crippen LogP contribution in [-0.4, -0.2) is 28.8 Å². The molecule has 2 heterocycles. The number of nitrogens with zero attached hydrogens (tertiary/aromatic N) is 3. The fraction of sp³-hybridized carbons (Fsp3) is 0.292. The van der Waals surface area contributed by atoms with Crippen LogP contribution in [0.25, 0.3) is 0 Å². The van der Waals surface area contributed by atoms with Crippen LogP contribution >= 0.6 is 11.6 Å². The van der Waals surface area contributed by atoms with Crippen LogP contribution < -0.4 is 15.8 Å². The largest absolute Gasteiger partial charge is 0.369 e. The number of amides is 1. The number of piperidine rings is 1. The standard InChI is InChI=1S/C24H24ClFN4O2/c25-21-11-18(8-9-22(21)26)13-27-24(32)19-7-4-10-29(16-19)20-12-23(31)30(28-14-20)15-17-5-2-1-3-6-17/h1-3,5-6,8-9,11-12,14,19H,4,7,10,13,15-16H2,(H,27,32)/t19-/m1/s1. The number of aromatic nitrogens is 2. The molecule has 0 spiro atoms. The van der Waals surface area contributed by atoms with Gasteiger partial charge >= 0.3 is 0 Å². The lowest BCUT2D eigenvalue weighted by atomic mass is 9.96. The number of carbonyl (C=O) groups is 1. The van der Waals surface area contributed by atoms with Gasteiger partial charge in [-0.05, 0) is 36.1 Å². The first-order chi connectivity index (χ1) is 15.5. The Hall–Kier alpha value is -3.19. The van der Waals surface area contributed by atoms with Crippen molar-refractivity contribution in [2.45, 2.75) is 25.9 Å². The molecule has 2 aromatic carbocycles. The van der Waals surface area contributed by atoms with E-state index in [0.717, 1.165) is 36.2 Å². The Morgan fingerprint density at radius 1 is 1.16 bits per heavy atom. The molecular weight excluding hydrogens is 431 g/mol. The second kappa shape index (κ2) is 9.96. The van der Waals surface area contributed by atoms with Crippen LogP contribution in [0.4, 0.5) is 10.1 Å². The van der Waals surface area contributed by atoms with Gasteiger partial charge in [-0.25, -0.2) is 9.07 Å². The van der Waals surface area contributed by atoms with Crippen molar-refractivity contribution in [1.82, 2.24) is 15.1 Å². The SMILES string of the molecule is O=C(NCc1ccc(F)c(Cl)c1)[C@@H]1CCCN(c2cnn(Cc3ccccc3)c(=O)c2)C1. The lowest BCUT2D eigenvalue weighted by molar-refractivity contribution is -0.125.